The molecule has 2 aliphatic heterocycles. The third-order valence-corrected chi connectivity index (χ3v) is 6.13. The van der Waals surface area contributed by atoms with Crippen molar-refractivity contribution in [3.8, 4) is 11.3 Å². The smallest absolute Gasteiger partial charge is 0.250 e. The van der Waals surface area contributed by atoms with Crippen molar-refractivity contribution in [3.05, 3.63) is 45.7 Å². The van der Waals surface area contributed by atoms with Gasteiger partial charge in [0.25, 0.3) is 0 Å². The minimum atomic E-state index is 0.420. The second-order valence-electron chi connectivity index (χ2n) is 7.63. The van der Waals surface area contributed by atoms with Gasteiger partial charge in [0.05, 0.1) is 19.4 Å². The molecule has 0 amide bonds. The van der Waals surface area contributed by atoms with Gasteiger partial charge in [-0.1, -0.05) is 12.1 Å². The maximum Gasteiger partial charge on any atom is 0.250 e. The maximum absolute atomic E-state index is 5.90. The molecule has 0 radical (unpaired) electrons. The van der Waals surface area contributed by atoms with Gasteiger partial charge in [-0.3, -0.25) is 0 Å². The first kappa shape index (κ1) is 21.1. The molecular formula is C22H24IN7O2. The molecule has 32 heavy (non-hydrogen) atoms. The number of halogens is 1. The van der Waals surface area contributed by atoms with Crippen molar-refractivity contribution in [1.82, 2.24) is 15.0 Å². The van der Waals surface area contributed by atoms with Crippen molar-refractivity contribution in [2.24, 2.45) is 5.10 Å². The molecule has 0 spiro atoms. The minimum absolute atomic E-state index is 0.420. The summed E-state index contributed by atoms with van der Waals surface area (Å²) in [7, 11) is 0. The number of anilines is 3. The summed E-state index contributed by atoms with van der Waals surface area (Å²) in [6, 6.07) is 12.0. The zero-order valence-electron chi connectivity index (χ0n) is 17.6. The van der Waals surface area contributed by atoms with Gasteiger partial charge in [0, 0.05) is 35.3 Å². The number of nitrogens with one attached hydrogen (secondary N) is 1. The van der Waals surface area contributed by atoms with E-state index in [1.165, 1.54) is 3.57 Å². The van der Waals surface area contributed by atoms with E-state index in [2.05, 4.69) is 65.0 Å². The van der Waals surface area contributed by atoms with Gasteiger partial charge >= 0.3 is 0 Å². The van der Waals surface area contributed by atoms with Crippen LogP contribution in [0.5, 0.6) is 0 Å². The van der Waals surface area contributed by atoms with Gasteiger partial charge in [0.2, 0.25) is 17.8 Å². The Labute approximate surface area is 200 Å². The quantitative estimate of drug-likeness (QED) is 0.286. The van der Waals surface area contributed by atoms with Crippen molar-refractivity contribution in [3.63, 3.8) is 0 Å². The van der Waals surface area contributed by atoms with Gasteiger partial charge in [-0.15, -0.1) is 0 Å². The summed E-state index contributed by atoms with van der Waals surface area (Å²) < 4.78 is 12.5. The van der Waals surface area contributed by atoms with Crippen LogP contribution in [0.3, 0.4) is 0 Å². The minimum Gasteiger partial charge on any atom is -0.455 e. The lowest BCUT2D eigenvalue weighted by Crippen LogP contribution is -2.38. The fourth-order valence-electron chi connectivity index (χ4n) is 3.71. The maximum atomic E-state index is 5.90. The molecule has 1 aromatic carbocycles. The summed E-state index contributed by atoms with van der Waals surface area (Å²) in [6.07, 6.45) is 3.94. The zero-order chi connectivity index (χ0) is 21.8. The number of hydrogen-bond acceptors (Lipinski definition) is 9. The van der Waals surface area contributed by atoms with Crippen LogP contribution in [-0.4, -0.2) is 60.6 Å². The van der Waals surface area contributed by atoms with Crippen LogP contribution in [0.1, 0.15) is 18.6 Å². The number of hydrogen-bond donors (Lipinski definition) is 1. The van der Waals surface area contributed by atoms with E-state index in [-0.39, 0.29) is 0 Å². The number of aromatic nitrogens is 3. The second kappa shape index (κ2) is 9.82. The lowest BCUT2D eigenvalue weighted by atomic mass is 10.2. The molecule has 1 N–H and O–H groups in total. The third kappa shape index (κ3) is 5.01. The summed E-state index contributed by atoms with van der Waals surface area (Å²) in [5.74, 6) is 3.21. The van der Waals surface area contributed by atoms with Crippen molar-refractivity contribution >= 4 is 46.7 Å². The molecule has 2 saturated heterocycles. The first-order valence-corrected chi connectivity index (χ1v) is 11.8. The van der Waals surface area contributed by atoms with Gasteiger partial charge < -0.3 is 19.0 Å². The van der Waals surface area contributed by atoms with E-state index in [1.54, 1.807) is 6.21 Å². The number of benzene rings is 1. The number of rotatable bonds is 6. The Morgan fingerprint density at radius 1 is 0.875 bits per heavy atom. The Morgan fingerprint density at radius 2 is 1.56 bits per heavy atom. The third-order valence-electron chi connectivity index (χ3n) is 5.41. The van der Waals surface area contributed by atoms with Crippen molar-refractivity contribution in [2.45, 2.75) is 12.8 Å². The van der Waals surface area contributed by atoms with Crippen LogP contribution >= 0.6 is 22.6 Å². The average Bonchev–Trinajstić information content (AvgIpc) is 3.53. The van der Waals surface area contributed by atoms with Gasteiger partial charge in [0.15, 0.2) is 0 Å². The van der Waals surface area contributed by atoms with Gasteiger partial charge in [0.1, 0.15) is 11.5 Å². The van der Waals surface area contributed by atoms with Crippen LogP contribution in [0.15, 0.2) is 45.9 Å². The van der Waals surface area contributed by atoms with E-state index >= 15 is 0 Å². The molecule has 166 valence electrons. The Bertz CT molecular complexity index is 1070. The summed E-state index contributed by atoms with van der Waals surface area (Å²) in [5.41, 5.74) is 3.98. The lowest BCUT2D eigenvalue weighted by Gasteiger charge is -2.27. The van der Waals surface area contributed by atoms with E-state index in [0.29, 0.717) is 36.8 Å². The van der Waals surface area contributed by atoms with E-state index in [1.807, 2.05) is 24.3 Å². The van der Waals surface area contributed by atoms with Crippen LogP contribution in [0.25, 0.3) is 11.3 Å². The Hall–Kier alpha value is -2.73. The molecule has 0 bridgehead atoms. The molecule has 2 aromatic heterocycles. The topological polar surface area (TPSA) is 91.9 Å². The van der Waals surface area contributed by atoms with Gasteiger partial charge in [-0.2, -0.15) is 20.1 Å². The summed E-state index contributed by atoms with van der Waals surface area (Å²) in [6.45, 7) is 4.80. The zero-order valence-corrected chi connectivity index (χ0v) is 19.7. The molecule has 0 unspecified atom stereocenters. The molecule has 5 rings (SSSR count). The Morgan fingerprint density at radius 3 is 2.28 bits per heavy atom. The number of morpholine rings is 1. The highest BCUT2D eigenvalue weighted by Crippen LogP contribution is 2.23. The highest BCUT2D eigenvalue weighted by Gasteiger charge is 2.21. The summed E-state index contributed by atoms with van der Waals surface area (Å²) in [5, 5.41) is 4.30. The van der Waals surface area contributed by atoms with Crippen molar-refractivity contribution in [2.75, 3.05) is 54.6 Å². The molecule has 10 heteroatoms. The molecule has 0 atom stereocenters. The van der Waals surface area contributed by atoms with Crippen LogP contribution in [0.2, 0.25) is 0 Å². The van der Waals surface area contributed by atoms with Crippen LogP contribution in [0, 0.1) is 3.57 Å². The standard InChI is InChI=1S/C22H24IN7O2/c23-17-5-3-16(4-6-17)19-8-7-18(32-19)15-24-28-20-25-21(29-9-1-2-10-29)27-22(26-20)30-11-13-31-14-12-30/h3-8,15H,1-2,9-14H2,(H,25,26,27,28)/b24-15+. The first-order chi connectivity index (χ1) is 15.7. The fourth-order valence-corrected chi connectivity index (χ4v) is 4.07. The predicted molar refractivity (Wildman–Crippen MR) is 132 cm³/mol. The summed E-state index contributed by atoms with van der Waals surface area (Å²) >= 11 is 2.29. The first-order valence-electron chi connectivity index (χ1n) is 10.7. The van der Waals surface area contributed by atoms with Crippen LogP contribution in [0.4, 0.5) is 17.8 Å². The highest BCUT2D eigenvalue weighted by atomic mass is 127. The molecule has 4 heterocycles. The van der Waals surface area contributed by atoms with Crippen LogP contribution in [-0.2, 0) is 4.74 Å². The number of ether oxygens (including phenoxy) is 1. The monoisotopic (exact) mass is 545 g/mol. The molecule has 0 saturated carbocycles. The molecule has 3 aromatic rings. The van der Waals surface area contributed by atoms with Gasteiger partial charge in [-0.25, -0.2) is 5.43 Å². The fraction of sp³-hybridized carbons (Fsp3) is 0.364. The molecular weight excluding hydrogens is 521 g/mol. The normalized spacial score (nSPS) is 16.8. The van der Waals surface area contributed by atoms with Crippen LogP contribution < -0.4 is 15.2 Å². The molecule has 2 aliphatic rings. The molecule has 9 nitrogen and oxygen atoms in total. The SMILES string of the molecule is Ic1ccc(-c2ccc(/C=N/Nc3nc(N4CCCC4)nc(N4CCOCC4)n3)o2)cc1. The van der Waals surface area contributed by atoms with Gasteiger partial charge in [-0.05, 0) is 59.7 Å². The van der Waals surface area contributed by atoms with E-state index < -0.39 is 0 Å². The predicted octanol–water partition coefficient (Wildman–Crippen LogP) is 3.62. The number of hydrazone groups is 1. The van der Waals surface area contributed by atoms with E-state index in [4.69, 9.17) is 14.1 Å². The van der Waals surface area contributed by atoms with Crippen molar-refractivity contribution < 1.29 is 9.15 Å². The number of furan rings is 1. The van der Waals surface area contributed by atoms with Crippen molar-refractivity contribution in [1.29, 1.82) is 0 Å². The number of nitrogens with zero attached hydrogens (tertiary/aromatic N) is 6. The lowest BCUT2D eigenvalue weighted by molar-refractivity contribution is 0.122. The van der Waals surface area contributed by atoms with E-state index in [0.717, 1.165) is 50.3 Å². The summed E-state index contributed by atoms with van der Waals surface area (Å²) in [4.78, 5) is 18.2. The molecule has 2 fully saturated rings. The Balaban J connectivity index is 1.32. The Kier molecular flexibility index (Phi) is 6.49. The highest BCUT2D eigenvalue weighted by molar-refractivity contribution is 14.1. The largest absolute Gasteiger partial charge is 0.455 e. The second-order valence-corrected chi connectivity index (χ2v) is 8.88. The van der Waals surface area contributed by atoms with E-state index in [9.17, 15) is 0 Å². The average molecular weight is 545 g/mol. The molecule has 0 aliphatic carbocycles.